The molecular weight excluding hydrogens is 416 g/mol. The predicted molar refractivity (Wildman–Crippen MR) is 117 cm³/mol. The number of carbonyl (C=O) groups excluding carboxylic acids is 2. The summed E-state index contributed by atoms with van der Waals surface area (Å²) in [5.41, 5.74) is 1.88. The van der Waals surface area contributed by atoms with Crippen molar-refractivity contribution in [2.45, 2.75) is 12.6 Å². The van der Waals surface area contributed by atoms with Crippen molar-refractivity contribution in [1.82, 2.24) is 9.88 Å². The molecule has 0 aliphatic carbocycles. The van der Waals surface area contributed by atoms with Crippen molar-refractivity contribution >= 4 is 29.1 Å². The highest BCUT2D eigenvalue weighted by molar-refractivity contribution is 6.46. The average Bonchev–Trinajstić information content (AvgIpc) is 3.05. The quantitative estimate of drug-likeness (QED) is 0.366. The molecule has 1 fully saturated rings. The Morgan fingerprint density at radius 2 is 1.81 bits per heavy atom. The summed E-state index contributed by atoms with van der Waals surface area (Å²) in [4.78, 5) is 31.6. The number of aliphatic hydroxyl groups excluding tert-OH is 1. The lowest BCUT2D eigenvalue weighted by Gasteiger charge is -2.25. The monoisotopic (exact) mass is 434 g/mol. The average molecular weight is 435 g/mol. The molecule has 4 rings (SSSR count). The van der Waals surface area contributed by atoms with Gasteiger partial charge >= 0.3 is 0 Å². The Kier molecular flexibility index (Phi) is 5.73. The van der Waals surface area contributed by atoms with Gasteiger partial charge in [-0.2, -0.15) is 0 Å². The minimum absolute atomic E-state index is 0.0221. The van der Waals surface area contributed by atoms with Crippen molar-refractivity contribution in [1.29, 1.82) is 0 Å². The van der Waals surface area contributed by atoms with E-state index in [0.29, 0.717) is 21.9 Å². The third kappa shape index (κ3) is 4.02. The van der Waals surface area contributed by atoms with Gasteiger partial charge in [0, 0.05) is 29.5 Å². The Labute approximate surface area is 184 Å². The van der Waals surface area contributed by atoms with E-state index in [1.54, 1.807) is 68.0 Å². The second-order valence-corrected chi connectivity index (χ2v) is 7.50. The van der Waals surface area contributed by atoms with Crippen molar-refractivity contribution in [2.24, 2.45) is 0 Å². The molecule has 156 valence electrons. The molecule has 0 bridgehead atoms. The summed E-state index contributed by atoms with van der Waals surface area (Å²) >= 11 is 5.94. The summed E-state index contributed by atoms with van der Waals surface area (Å²) in [5.74, 6) is -0.978. The first-order valence-electron chi connectivity index (χ1n) is 9.57. The Balaban J connectivity index is 1.80. The number of ketones is 1. The Bertz CT molecular complexity index is 1140. The van der Waals surface area contributed by atoms with E-state index in [-0.39, 0.29) is 17.9 Å². The number of carbonyl (C=O) groups is 2. The number of likely N-dealkylation sites (tertiary alicyclic amines) is 1. The minimum Gasteiger partial charge on any atom is -0.507 e. The van der Waals surface area contributed by atoms with E-state index in [0.717, 1.165) is 5.56 Å². The number of hydrogen-bond donors (Lipinski definition) is 1. The fourth-order valence-electron chi connectivity index (χ4n) is 3.62. The SMILES string of the molecule is COc1ccc(CN2C(=O)C(=O)/C(=C(\O)c3ccc(Cl)cc3)C2c2cccnc2)cc1. The first-order valence-corrected chi connectivity index (χ1v) is 9.94. The molecule has 1 aliphatic rings. The maximum absolute atomic E-state index is 13.0. The van der Waals surface area contributed by atoms with E-state index in [9.17, 15) is 14.7 Å². The number of pyridine rings is 1. The largest absolute Gasteiger partial charge is 0.507 e. The second kappa shape index (κ2) is 8.62. The fourth-order valence-corrected chi connectivity index (χ4v) is 3.74. The highest BCUT2D eigenvalue weighted by Crippen LogP contribution is 2.40. The molecule has 1 saturated heterocycles. The maximum atomic E-state index is 13.0. The van der Waals surface area contributed by atoms with Crippen LogP contribution in [0.5, 0.6) is 5.75 Å². The normalized spacial score (nSPS) is 17.7. The first-order chi connectivity index (χ1) is 15.0. The van der Waals surface area contributed by atoms with Crippen molar-refractivity contribution < 1.29 is 19.4 Å². The summed E-state index contributed by atoms with van der Waals surface area (Å²) in [6, 6.07) is 16.4. The molecule has 1 aliphatic heterocycles. The number of rotatable bonds is 5. The predicted octanol–water partition coefficient (Wildman–Crippen LogP) is 4.37. The number of ether oxygens (including phenoxy) is 1. The van der Waals surface area contributed by atoms with E-state index in [4.69, 9.17) is 16.3 Å². The molecule has 2 heterocycles. The first kappa shape index (κ1) is 20.6. The zero-order valence-corrected chi connectivity index (χ0v) is 17.4. The number of aromatic nitrogens is 1. The Morgan fingerprint density at radius 1 is 1.10 bits per heavy atom. The molecule has 3 aromatic rings. The van der Waals surface area contributed by atoms with Crippen LogP contribution in [0.3, 0.4) is 0 Å². The van der Waals surface area contributed by atoms with Crippen LogP contribution in [0.25, 0.3) is 5.76 Å². The van der Waals surface area contributed by atoms with Gasteiger partial charge in [-0.25, -0.2) is 0 Å². The number of Topliss-reactive ketones (excluding diaryl/α,β-unsaturated/α-hetero) is 1. The lowest BCUT2D eigenvalue weighted by Crippen LogP contribution is -2.29. The van der Waals surface area contributed by atoms with Gasteiger partial charge in [0.2, 0.25) is 0 Å². The summed E-state index contributed by atoms with van der Waals surface area (Å²) in [6.07, 6.45) is 3.20. The van der Waals surface area contributed by atoms with Crippen molar-refractivity contribution in [3.8, 4) is 5.75 Å². The number of hydrogen-bond acceptors (Lipinski definition) is 5. The van der Waals surface area contributed by atoms with Gasteiger partial charge in [0.25, 0.3) is 11.7 Å². The van der Waals surface area contributed by atoms with Gasteiger partial charge in [-0.05, 0) is 53.6 Å². The van der Waals surface area contributed by atoms with Gasteiger partial charge in [-0.3, -0.25) is 14.6 Å². The summed E-state index contributed by atoms with van der Waals surface area (Å²) < 4.78 is 5.18. The number of aliphatic hydroxyl groups is 1. The van der Waals surface area contributed by atoms with Crippen molar-refractivity contribution in [2.75, 3.05) is 7.11 Å². The molecule has 1 unspecified atom stereocenters. The Morgan fingerprint density at radius 3 is 2.42 bits per heavy atom. The molecule has 0 radical (unpaired) electrons. The van der Waals surface area contributed by atoms with Crippen LogP contribution in [0.2, 0.25) is 5.02 Å². The van der Waals surface area contributed by atoms with Crippen LogP contribution in [0.4, 0.5) is 0 Å². The molecule has 1 amide bonds. The summed E-state index contributed by atoms with van der Waals surface area (Å²) in [6.45, 7) is 0.186. The molecule has 6 nitrogen and oxygen atoms in total. The number of methoxy groups -OCH3 is 1. The van der Waals surface area contributed by atoms with Crippen LogP contribution in [0, 0.1) is 0 Å². The lowest BCUT2D eigenvalue weighted by atomic mass is 9.96. The fraction of sp³-hybridized carbons (Fsp3) is 0.125. The van der Waals surface area contributed by atoms with E-state index >= 15 is 0 Å². The second-order valence-electron chi connectivity index (χ2n) is 7.07. The lowest BCUT2D eigenvalue weighted by molar-refractivity contribution is -0.140. The molecular formula is C24H19ClN2O4. The molecule has 1 atom stereocenters. The summed E-state index contributed by atoms with van der Waals surface area (Å²) in [7, 11) is 1.58. The van der Waals surface area contributed by atoms with Gasteiger partial charge in [-0.1, -0.05) is 29.8 Å². The molecule has 0 saturated carbocycles. The van der Waals surface area contributed by atoms with Crippen LogP contribution in [0.15, 0.2) is 78.6 Å². The molecule has 2 aromatic carbocycles. The molecule has 1 aromatic heterocycles. The van der Waals surface area contributed by atoms with Gasteiger partial charge in [0.15, 0.2) is 0 Å². The smallest absolute Gasteiger partial charge is 0.295 e. The third-order valence-electron chi connectivity index (χ3n) is 5.17. The van der Waals surface area contributed by atoms with Crippen molar-refractivity contribution in [3.63, 3.8) is 0 Å². The number of nitrogens with zero attached hydrogens (tertiary/aromatic N) is 2. The molecule has 1 N–H and O–H groups in total. The highest BCUT2D eigenvalue weighted by atomic mass is 35.5. The van der Waals surface area contributed by atoms with Crippen LogP contribution in [0.1, 0.15) is 22.7 Å². The molecule has 31 heavy (non-hydrogen) atoms. The van der Waals surface area contributed by atoms with Gasteiger partial charge in [-0.15, -0.1) is 0 Å². The van der Waals surface area contributed by atoms with Crippen LogP contribution < -0.4 is 4.74 Å². The maximum Gasteiger partial charge on any atom is 0.295 e. The van der Waals surface area contributed by atoms with E-state index in [2.05, 4.69) is 4.98 Å². The van der Waals surface area contributed by atoms with Crippen LogP contribution in [-0.2, 0) is 16.1 Å². The van der Waals surface area contributed by atoms with E-state index in [1.165, 1.54) is 4.90 Å². The highest BCUT2D eigenvalue weighted by Gasteiger charge is 2.46. The zero-order valence-electron chi connectivity index (χ0n) is 16.7. The summed E-state index contributed by atoms with van der Waals surface area (Å²) in [5, 5.41) is 11.5. The molecule has 0 spiro atoms. The molecule has 7 heteroatoms. The van der Waals surface area contributed by atoms with Gasteiger partial charge < -0.3 is 14.7 Å². The van der Waals surface area contributed by atoms with E-state index in [1.807, 2.05) is 12.1 Å². The van der Waals surface area contributed by atoms with Crippen molar-refractivity contribution in [3.05, 3.63) is 100 Å². The van der Waals surface area contributed by atoms with Crippen LogP contribution >= 0.6 is 11.6 Å². The standard InChI is InChI=1S/C24H19ClN2O4/c1-31-19-10-4-15(5-11-19)14-27-21(17-3-2-12-26-13-17)20(23(29)24(27)30)22(28)16-6-8-18(25)9-7-16/h2-13,21,28H,14H2,1H3/b22-20-. The van der Waals surface area contributed by atoms with E-state index < -0.39 is 17.7 Å². The third-order valence-corrected chi connectivity index (χ3v) is 5.42. The zero-order chi connectivity index (χ0) is 22.0. The number of halogens is 1. The Hall–Kier alpha value is -3.64. The number of amides is 1. The van der Waals surface area contributed by atoms with Gasteiger partial charge in [0.05, 0.1) is 18.7 Å². The number of benzene rings is 2. The van der Waals surface area contributed by atoms with Gasteiger partial charge in [0.1, 0.15) is 11.5 Å². The topological polar surface area (TPSA) is 79.7 Å². The van der Waals surface area contributed by atoms with Crippen LogP contribution in [-0.4, -0.2) is 33.8 Å². The minimum atomic E-state index is -0.772.